The van der Waals surface area contributed by atoms with Gasteiger partial charge in [0.25, 0.3) is 5.69 Å². The number of aryl methyl sites for hydroxylation is 1. The van der Waals surface area contributed by atoms with Crippen molar-refractivity contribution in [2.75, 3.05) is 48.5 Å². The number of para-hydroxylation sites is 1. The predicted molar refractivity (Wildman–Crippen MR) is 283 cm³/mol. The van der Waals surface area contributed by atoms with E-state index in [-0.39, 0.29) is 42.8 Å². The van der Waals surface area contributed by atoms with E-state index in [4.69, 9.17) is 4.74 Å². The first-order valence-corrected chi connectivity index (χ1v) is 30.0. The summed E-state index contributed by atoms with van der Waals surface area (Å²) in [5.41, 5.74) is 2.16. The molecule has 424 valence electrons. The molecule has 4 unspecified atom stereocenters. The van der Waals surface area contributed by atoms with E-state index in [1.807, 2.05) is 25.2 Å². The van der Waals surface area contributed by atoms with Crippen LogP contribution in [0.2, 0.25) is 0 Å². The number of nitro groups is 1. The number of ether oxygens (including phenoxy) is 1. The normalized spacial score (nSPS) is 18.9. The van der Waals surface area contributed by atoms with Crippen LogP contribution in [0.1, 0.15) is 38.2 Å². The molecule has 8 N–H and O–H groups in total. The summed E-state index contributed by atoms with van der Waals surface area (Å²) in [5.74, 6) is -8.49. The number of non-ortho nitro benzene ring substituents is 1. The molecule has 4 heterocycles. The van der Waals surface area contributed by atoms with E-state index in [9.17, 15) is 82.1 Å². The Balaban J connectivity index is 0.000000194. The minimum absolute atomic E-state index is 0.0749. The third-order valence-electron chi connectivity index (χ3n) is 11.1. The highest BCUT2D eigenvalue weighted by molar-refractivity contribution is 7.93. The first kappa shape index (κ1) is 61.5. The molecule has 4 aromatic carbocycles. The molecule has 8 rings (SSSR count). The van der Waals surface area contributed by atoms with Gasteiger partial charge >= 0.3 is 0 Å². The van der Waals surface area contributed by atoms with Crippen molar-refractivity contribution < 1.29 is 81.7 Å². The summed E-state index contributed by atoms with van der Waals surface area (Å²) in [4.78, 5) is 99.3. The number of amides is 8. The molecule has 4 aromatic rings. The van der Waals surface area contributed by atoms with Crippen molar-refractivity contribution in [3.05, 3.63) is 119 Å². The lowest BCUT2D eigenvalue weighted by molar-refractivity contribution is -0.384. The van der Waals surface area contributed by atoms with E-state index in [0.29, 0.717) is 29.4 Å². The number of hydrogen-bond donors (Lipinski definition) is 8. The van der Waals surface area contributed by atoms with Crippen LogP contribution in [0.5, 0.6) is 5.75 Å². The number of rotatable bonds is 19. The maximum Gasteiger partial charge on any atom is 0.269 e. The molecule has 4 atom stereocenters. The third kappa shape index (κ3) is 20.5. The van der Waals surface area contributed by atoms with Gasteiger partial charge in [0, 0.05) is 60.6 Å². The molecule has 0 saturated carbocycles. The Bertz CT molecular complexity index is 3440. The smallest absolute Gasteiger partial charge is 0.269 e. The van der Waals surface area contributed by atoms with Crippen LogP contribution in [-0.4, -0.2) is 115 Å². The zero-order chi connectivity index (χ0) is 58.3. The van der Waals surface area contributed by atoms with Crippen molar-refractivity contribution in [3.8, 4) is 5.75 Å². The van der Waals surface area contributed by atoms with Gasteiger partial charge in [0.15, 0.2) is 0 Å². The Morgan fingerprint density at radius 1 is 0.468 bits per heavy atom. The number of anilines is 4. The number of sulfonamides is 4. The molecule has 0 bridgehead atoms. The Morgan fingerprint density at radius 2 is 0.785 bits per heavy atom. The van der Waals surface area contributed by atoms with Gasteiger partial charge < -0.3 is 4.74 Å². The molecule has 32 heteroatoms. The van der Waals surface area contributed by atoms with Gasteiger partial charge in [-0.3, -0.25) is 88.6 Å². The van der Waals surface area contributed by atoms with E-state index < -0.39 is 133 Å². The van der Waals surface area contributed by atoms with Gasteiger partial charge in [0.2, 0.25) is 87.4 Å². The minimum atomic E-state index is -3.84. The molecule has 0 aromatic heterocycles. The highest BCUT2D eigenvalue weighted by Gasteiger charge is 2.37. The second kappa shape index (κ2) is 26.8. The molecule has 4 saturated heterocycles. The van der Waals surface area contributed by atoms with Crippen LogP contribution in [0.4, 0.5) is 28.4 Å². The van der Waals surface area contributed by atoms with Crippen molar-refractivity contribution in [2.24, 2.45) is 23.7 Å². The molecule has 4 fully saturated rings. The highest BCUT2D eigenvalue weighted by atomic mass is 32.2. The monoisotopic (exact) mass is 1180 g/mol. The van der Waals surface area contributed by atoms with Crippen LogP contribution >= 0.6 is 0 Å². The topological polar surface area (TPSA) is 422 Å². The van der Waals surface area contributed by atoms with Crippen LogP contribution in [0, 0.1) is 40.7 Å². The van der Waals surface area contributed by atoms with E-state index >= 15 is 0 Å². The minimum Gasteiger partial charge on any atom is -0.494 e. The Kier molecular flexibility index (Phi) is 20.9. The fourth-order valence-corrected chi connectivity index (χ4v) is 13.1. The summed E-state index contributed by atoms with van der Waals surface area (Å²) < 4.78 is 110. The summed E-state index contributed by atoms with van der Waals surface area (Å²) in [6.07, 6.45) is -0.412. The fourth-order valence-electron chi connectivity index (χ4n) is 7.56. The van der Waals surface area contributed by atoms with Gasteiger partial charge in [0.1, 0.15) is 5.75 Å². The van der Waals surface area contributed by atoms with Gasteiger partial charge in [-0.05, 0) is 80.1 Å². The molecule has 4 aliphatic heterocycles. The maximum absolute atomic E-state index is 12.0. The van der Waals surface area contributed by atoms with Crippen molar-refractivity contribution in [1.29, 1.82) is 0 Å². The zero-order valence-corrected chi connectivity index (χ0v) is 45.1. The number of benzene rings is 4. The van der Waals surface area contributed by atoms with Crippen molar-refractivity contribution in [3.63, 3.8) is 0 Å². The third-order valence-corrected chi connectivity index (χ3v) is 16.6. The number of imide groups is 4. The number of nitro benzene ring substituents is 1. The van der Waals surface area contributed by atoms with Crippen molar-refractivity contribution in [1.82, 2.24) is 21.3 Å². The first-order chi connectivity index (χ1) is 37.0. The summed E-state index contributed by atoms with van der Waals surface area (Å²) in [6, 6.07) is 26.5. The van der Waals surface area contributed by atoms with E-state index in [0.717, 1.165) is 17.7 Å². The lowest BCUT2D eigenvalue weighted by Crippen LogP contribution is -2.28. The van der Waals surface area contributed by atoms with Gasteiger partial charge in [0.05, 0.1) is 58.2 Å². The SMILES string of the molecule is CCOc1ccc(NS(=O)(=O)CC2CC(=O)NC2=O)cc1.Cc1cccc(NS(=O)(=O)CC2CC(=O)NC2=O)c1.O=C1CC(CS(=O)(=O)Nc2ccc([N+](=O)[O-])cc2)C(=O)N1.O=C1CC(CS(=O)(=O)Nc2ccccc2)C(=O)N1. The van der Waals surface area contributed by atoms with E-state index in [1.165, 1.54) is 12.1 Å². The molecular weight excluding hydrogens is 1120 g/mol. The average molecular weight is 1180 g/mol. The predicted octanol–water partition coefficient (Wildman–Crippen LogP) is 0.979. The Morgan fingerprint density at radius 3 is 1.09 bits per heavy atom. The lowest BCUT2D eigenvalue weighted by Gasteiger charge is -2.11. The second-order valence-corrected chi connectivity index (χ2v) is 24.9. The quantitative estimate of drug-likeness (QED) is 0.0368. The van der Waals surface area contributed by atoms with Crippen LogP contribution in [0.25, 0.3) is 0 Å². The summed E-state index contributed by atoms with van der Waals surface area (Å²) in [6.45, 7) is 4.22. The zero-order valence-electron chi connectivity index (χ0n) is 41.8. The van der Waals surface area contributed by atoms with Crippen molar-refractivity contribution in [2.45, 2.75) is 39.5 Å². The summed E-state index contributed by atoms with van der Waals surface area (Å²) in [7, 11) is -14.8. The lowest BCUT2D eigenvalue weighted by atomic mass is 10.1. The van der Waals surface area contributed by atoms with Crippen LogP contribution < -0.4 is 44.9 Å². The Hall–Kier alpha value is -8.36. The number of carbonyl (C=O) groups is 8. The number of hydrogen-bond acceptors (Lipinski definition) is 19. The summed E-state index contributed by atoms with van der Waals surface area (Å²) in [5, 5.41) is 18.8. The molecule has 8 amide bonds. The van der Waals surface area contributed by atoms with E-state index in [2.05, 4.69) is 34.8 Å². The largest absolute Gasteiger partial charge is 0.494 e. The molecule has 4 aliphatic rings. The molecular formula is C47H53N9O19S4. The van der Waals surface area contributed by atoms with Gasteiger partial charge in [-0.25, -0.2) is 33.7 Å². The number of nitrogens with zero attached hydrogens (tertiary/aromatic N) is 1. The number of carbonyl (C=O) groups excluding carboxylic acids is 8. The Labute approximate surface area is 452 Å². The van der Waals surface area contributed by atoms with Crippen LogP contribution in [0.3, 0.4) is 0 Å². The van der Waals surface area contributed by atoms with Crippen LogP contribution in [0.15, 0.2) is 103 Å². The fraction of sp³-hybridized carbons (Fsp3) is 0.319. The molecule has 0 spiro atoms. The van der Waals surface area contributed by atoms with Crippen molar-refractivity contribution >= 4 is 116 Å². The first-order valence-electron chi connectivity index (χ1n) is 23.4. The average Bonchev–Trinajstić information content (AvgIpc) is 4.06. The number of nitrogens with one attached hydrogen (secondary N) is 8. The molecule has 28 nitrogen and oxygen atoms in total. The molecule has 0 aliphatic carbocycles. The molecule has 79 heavy (non-hydrogen) atoms. The summed E-state index contributed by atoms with van der Waals surface area (Å²) >= 11 is 0. The maximum atomic E-state index is 12.0. The molecule has 0 radical (unpaired) electrons. The second-order valence-electron chi connectivity index (χ2n) is 17.8. The highest BCUT2D eigenvalue weighted by Crippen LogP contribution is 2.22. The van der Waals surface area contributed by atoms with Gasteiger partial charge in [-0.1, -0.05) is 30.3 Å². The van der Waals surface area contributed by atoms with Gasteiger partial charge in [-0.2, -0.15) is 0 Å². The van der Waals surface area contributed by atoms with Crippen LogP contribution in [-0.2, 0) is 78.4 Å². The van der Waals surface area contributed by atoms with E-state index in [1.54, 1.807) is 72.8 Å². The van der Waals surface area contributed by atoms with Gasteiger partial charge in [-0.15, -0.1) is 0 Å². The standard InChI is InChI=1S/C13H16N2O5S.C12H14N2O4S.C11H11N3O6S.C11H12N2O4S/c1-2-20-11-5-3-10(4-6-11)15-21(18,19)8-9-7-12(16)14-13(9)17;1-8-3-2-4-10(5-8)14-19(17,18)7-9-6-11(15)13-12(9)16;15-10-5-7(11(16)12-10)6-21(19,20)13-8-1-3-9(4-2-8)14(17)18;14-10-6-8(11(15)12-10)7-18(16,17)13-9-4-2-1-3-5-9/h3-6,9,15H,2,7-8H2,1H3,(H,14,16,17);2-5,9,14H,6-7H2,1H3,(H,13,15,16);1-4,7,13H,5-6H2,(H,12,15,16);1-5,8,13H,6-7H2,(H,12,14,15).